The second-order valence-corrected chi connectivity index (χ2v) is 22.4. The summed E-state index contributed by atoms with van der Waals surface area (Å²) in [6.45, 7) is 2.62. The number of esters is 1. The van der Waals surface area contributed by atoms with Crippen LogP contribution in [0.2, 0.25) is 0 Å². The Labute approximate surface area is 492 Å². The number of hydrogen-bond acceptors (Lipinski definition) is 20. The molecular weight excluding hydrogens is 1120 g/mol. The van der Waals surface area contributed by atoms with E-state index in [0.717, 1.165) is 6.92 Å². The Hall–Kier alpha value is -6.29. The summed E-state index contributed by atoms with van der Waals surface area (Å²) in [5.74, 6) is -13.9. The summed E-state index contributed by atoms with van der Waals surface area (Å²) in [6.07, 6.45) is -0.186. The first-order valence-corrected chi connectivity index (χ1v) is 30.3. The van der Waals surface area contributed by atoms with E-state index in [1.807, 2.05) is 6.26 Å². The third-order valence-electron chi connectivity index (χ3n) is 13.8. The molecule has 2 unspecified atom stereocenters. The number of carboxylic acid groups (broad SMARTS) is 1. The maximum absolute atomic E-state index is 14.3. The molecule has 1 aliphatic heterocycles. The number of Topliss-reactive ketones (excluding diaryl/α,β-unsaturated/α-hetero) is 4. The van der Waals surface area contributed by atoms with Gasteiger partial charge in [-0.15, -0.1) is 0 Å². The molecule has 3 rings (SSSR count). The molecule has 0 bridgehead atoms. The number of aliphatic hydroxyl groups is 2. The number of cyclic esters (lactones) is 1. The number of ether oxygens (including phenoxy) is 3. The van der Waals surface area contributed by atoms with Crippen LogP contribution in [-0.2, 0) is 79.8 Å². The van der Waals surface area contributed by atoms with E-state index in [1.165, 1.54) is 47.8 Å². The molecule has 2 aromatic rings. The second-order valence-electron chi connectivity index (χ2n) is 20.5. The van der Waals surface area contributed by atoms with Gasteiger partial charge < -0.3 is 67.0 Å². The predicted octanol–water partition coefficient (Wildman–Crippen LogP) is 0.604. The summed E-state index contributed by atoms with van der Waals surface area (Å²) in [5.41, 5.74) is 6.90. The van der Waals surface area contributed by atoms with Gasteiger partial charge in [0.05, 0.1) is 68.2 Å². The van der Waals surface area contributed by atoms with E-state index in [4.69, 9.17) is 19.9 Å². The van der Waals surface area contributed by atoms with Crippen molar-refractivity contribution < 1.29 is 87.4 Å². The number of rotatable bonds is 34. The van der Waals surface area contributed by atoms with Crippen molar-refractivity contribution in [1.82, 2.24) is 26.6 Å². The lowest BCUT2D eigenvalue weighted by Crippen LogP contribution is -2.58. The number of carbonyl (C=O) groups is 11. The zero-order valence-electron chi connectivity index (χ0n) is 47.7. The van der Waals surface area contributed by atoms with Crippen molar-refractivity contribution in [3.05, 3.63) is 65.7 Å². The van der Waals surface area contributed by atoms with Crippen LogP contribution < -0.4 is 32.3 Å². The maximum Gasteiger partial charge on any atom is 0.309 e. The number of nitrogens with one attached hydrogen (secondary N) is 5. The molecule has 0 radical (unpaired) electrons. The van der Waals surface area contributed by atoms with Crippen LogP contribution in [0.5, 0.6) is 5.75 Å². The number of aliphatic carboxylic acids is 1. The summed E-state index contributed by atoms with van der Waals surface area (Å²) in [6, 6.07) is 6.03. The SMILES string of the molecule is CCC(C)[C@@H]1NC(=O)[C@H](Cc2ccccc2)NC(=O)[C@H](CC(=O)O)NC(=O)[C@@H](CC(=O)[C@@H](NC(=O)[C@H](CO)CC(=O)[C@H](Cc2ccc(O)cc2)NC(=O)COCCOCCCC(=O)[C@@H](N)CSC)C(C)O)COC(=O)[C@H](CCSC)CC1=O. The first kappa shape index (κ1) is 71.0. The molecule has 26 heteroatoms. The van der Waals surface area contributed by atoms with Crippen LogP contribution in [0.4, 0.5) is 0 Å². The molecule has 1 heterocycles. The minimum absolute atomic E-state index is 0.0179. The number of carboxylic acids is 1. The van der Waals surface area contributed by atoms with Crippen LogP contribution in [0, 0.1) is 23.7 Å². The summed E-state index contributed by atoms with van der Waals surface area (Å²) < 4.78 is 16.5. The van der Waals surface area contributed by atoms with Crippen LogP contribution >= 0.6 is 23.5 Å². The highest BCUT2D eigenvalue weighted by molar-refractivity contribution is 7.98. The van der Waals surface area contributed by atoms with Gasteiger partial charge in [0.1, 0.15) is 42.9 Å². The molecule has 0 aliphatic carbocycles. The highest BCUT2D eigenvalue weighted by atomic mass is 32.2. The highest BCUT2D eigenvalue weighted by Crippen LogP contribution is 2.22. The van der Waals surface area contributed by atoms with Gasteiger partial charge in [-0.1, -0.05) is 62.7 Å². The molecule has 0 saturated carbocycles. The molecule has 11 N–H and O–H groups in total. The number of phenols is 1. The molecule has 460 valence electrons. The van der Waals surface area contributed by atoms with Crippen molar-refractivity contribution in [3.8, 4) is 5.75 Å². The molecule has 0 aromatic heterocycles. The fourth-order valence-corrected chi connectivity index (χ4v) is 9.84. The Kier molecular flexibility index (Phi) is 32.3. The van der Waals surface area contributed by atoms with Crippen LogP contribution in [0.25, 0.3) is 0 Å². The fraction of sp³-hybridized carbons (Fsp3) is 0.596. The van der Waals surface area contributed by atoms with Crippen LogP contribution in [0.1, 0.15) is 83.3 Å². The standard InChI is InChI=1S/C57H82N6O18S2/c1-6-33(2)51-47(69)25-37(18-22-82-4)57(78)81-30-39(54(75)60-44(28-50(72)73)55(76)61-43(56(77)62-51)24-35-11-8-7-9-12-35)27-48(70)52(34(3)65)63-53(74)38(29-64)26-46(68)42(23-36-14-16-40(66)17-15-36)59-49(71)31-80-21-20-79-19-10-13-45(67)41(58)32-83-5/h7-9,11-12,14-17,33-34,37-39,41-44,51-52,64-66H,6,10,13,18-32,58H2,1-5H3,(H,59,71)(H,60,75)(H,61,76)(H,62,77)(H,63,74)(H,72,73)/t33?,34?,37-,38+,39+,41+,42+,43+,44+,51+,52+/m1/s1. The second kappa shape index (κ2) is 37.8. The lowest BCUT2D eigenvalue weighted by atomic mass is 9.88. The highest BCUT2D eigenvalue weighted by Gasteiger charge is 2.39. The number of aliphatic hydroxyl groups excluding tert-OH is 2. The number of nitrogens with two attached hydrogens (primary N) is 1. The Bertz CT molecular complexity index is 2470. The lowest BCUT2D eigenvalue weighted by Gasteiger charge is -2.29. The zero-order chi connectivity index (χ0) is 61.6. The number of amides is 5. The first-order valence-electron chi connectivity index (χ1n) is 27.5. The van der Waals surface area contributed by atoms with Crippen molar-refractivity contribution in [2.75, 3.05) is 63.7 Å². The third-order valence-corrected chi connectivity index (χ3v) is 15.2. The molecule has 1 saturated heterocycles. The van der Waals surface area contributed by atoms with E-state index in [9.17, 15) is 73.2 Å². The van der Waals surface area contributed by atoms with Crippen LogP contribution in [0.15, 0.2) is 54.6 Å². The number of ketones is 4. The van der Waals surface area contributed by atoms with Crippen LogP contribution in [-0.4, -0.2) is 191 Å². The van der Waals surface area contributed by atoms with Crippen molar-refractivity contribution in [1.29, 1.82) is 0 Å². The van der Waals surface area contributed by atoms with E-state index < -0.39 is 170 Å². The van der Waals surface area contributed by atoms with E-state index in [2.05, 4.69) is 26.6 Å². The van der Waals surface area contributed by atoms with Gasteiger partial charge in [0.25, 0.3) is 0 Å². The number of benzene rings is 2. The molecular formula is C57H82N6O18S2. The summed E-state index contributed by atoms with van der Waals surface area (Å²) in [5, 5.41) is 53.7. The van der Waals surface area contributed by atoms with Crippen molar-refractivity contribution in [2.45, 2.75) is 127 Å². The Morgan fingerprint density at radius 2 is 1.46 bits per heavy atom. The minimum Gasteiger partial charge on any atom is -0.508 e. The average molecular weight is 1200 g/mol. The zero-order valence-corrected chi connectivity index (χ0v) is 49.3. The van der Waals surface area contributed by atoms with Crippen molar-refractivity contribution in [2.24, 2.45) is 29.4 Å². The van der Waals surface area contributed by atoms with Gasteiger partial charge in [-0.25, -0.2) is 0 Å². The van der Waals surface area contributed by atoms with E-state index >= 15 is 0 Å². The lowest BCUT2D eigenvalue weighted by molar-refractivity contribution is -0.154. The quantitative estimate of drug-likeness (QED) is 0.0339. The minimum atomic E-state index is -1.89. The molecule has 24 nitrogen and oxygen atoms in total. The van der Waals surface area contributed by atoms with Gasteiger partial charge >= 0.3 is 11.9 Å². The normalized spacial score (nSPS) is 20.4. The molecule has 83 heavy (non-hydrogen) atoms. The number of carbonyl (C=O) groups excluding carboxylic acids is 10. The van der Waals surface area contributed by atoms with Gasteiger partial charge in [0, 0.05) is 44.5 Å². The van der Waals surface area contributed by atoms with Gasteiger partial charge in [0.2, 0.25) is 29.5 Å². The summed E-state index contributed by atoms with van der Waals surface area (Å²) in [7, 11) is 0. The smallest absolute Gasteiger partial charge is 0.309 e. The van der Waals surface area contributed by atoms with E-state index in [-0.39, 0.29) is 57.0 Å². The Morgan fingerprint density at radius 3 is 2.08 bits per heavy atom. The third kappa shape index (κ3) is 25.6. The topological polar surface area (TPSA) is 383 Å². The predicted molar refractivity (Wildman–Crippen MR) is 308 cm³/mol. The van der Waals surface area contributed by atoms with E-state index in [0.29, 0.717) is 35.5 Å². The van der Waals surface area contributed by atoms with Gasteiger partial charge in [0.15, 0.2) is 17.3 Å². The maximum atomic E-state index is 14.3. The Balaban J connectivity index is 1.87. The largest absolute Gasteiger partial charge is 0.508 e. The van der Waals surface area contributed by atoms with Crippen LogP contribution in [0.3, 0.4) is 0 Å². The van der Waals surface area contributed by atoms with Crippen molar-refractivity contribution in [3.63, 3.8) is 0 Å². The monoisotopic (exact) mass is 1200 g/mol. The van der Waals surface area contributed by atoms with E-state index in [1.54, 1.807) is 50.4 Å². The van der Waals surface area contributed by atoms with Gasteiger partial charge in [-0.2, -0.15) is 23.5 Å². The fourth-order valence-electron chi connectivity index (χ4n) is 8.77. The molecule has 2 aromatic carbocycles. The average Bonchev–Trinajstić information content (AvgIpc) is 3.63. The summed E-state index contributed by atoms with van der Waals surface area (Å²) >= 11 is 2.85. The van der Waals surface area contributed by atoms with Gasteiger partial charge in [-0.05, 0) is 73.6 Å². The van der Waals surface area contributed by atoms with Crippen molar-refractivity contribution >= 4 is 88.1 Å². The molecule has 11 atom stereocenters. The molecule has 1 fully saturated rings. The molecule has 1 aliphatic rings. The number of aromatic hydroxyl groups is 1. The number of hydrogen-bond donors (Lipinski definition) is 10. The number of phenolic OH excluding ortho intramolecular Hbond substituents is 1. The Morgan fingerprint density at radius 1 is 0.795 bits per heavy atom. The number of thioether (sulfide) groups is 2. The van der Waals surface area contributed by atoms with Gasteiger partial charge in [-0.3, -0.25) is 52.7 Å². The summed E-state index contributed by atoms with van der Waals surface area (Å²) in [4.78, 5) is 150. The molecule has 0 spiro atoms. The molecule has 5 amide bonds. The first-order chi connectivity index (χ1) is 39.5.